The molecule has 0 aromatic rings. The van der Waals surface area contributed by atoms with Crippen LogP contribution in [0, 0.1) is 5.92 Å². The van der Waals surface area contributed by atoms with Gasteiger partial charge in [-0.25, -0.2) is 0 Å². The fourth-order valence-electron chi connectivity index (χ4n) is 0.826. The molecule has 0 saturated carbocycles. The highest BCUT2D eigenvalue weighted by molar-refractivity contribution is 5.77. The molecule has 2 atom stereocenters. The van der Waals surface area contributed by atoms with Crippen LogP contribution in [0.4, 0.5) is 0 Å². The number of rotatable bonds is 7. The molecule has 0 rings (SSSR count). The van der Waals surface area contributed by atoms with E-state index >= 15 is 0 Å². The van der Waals surface area contributed by atoms with E-state index in [1.165, 1.54) is 0 Å². The molecule has 4 heteroatoms. The maximum Gasteiger partial charge on any atom is 0.233 e. The molecular weight excluding hydrogens is 180 g/mol. The molecule has 4 nitrogen and oxygen atoms in total. The first kappa shape index (κ1) is 13.4. The first-order valence-corrected chi connectivity index (χ1v) is 5.21. The molecule has 3 N–H and O–H groups in total. The van der Waals surface area contributed by atoms with Gasteiger partial charge in [0.05, 0.1) is 6.54 Å². The lowest BCUT2D eigenvalue weighted by Crippen LogP contribution is -2.39. The molecule has 0 radical (unpaired) electrons. The number of aliphatic hydroxyl groups excluding tert-OH is 1. The normalized spacial score (nSPS) is 14.9. The van der Waals surface area contributed by atoms with Crippen molar-refractivity contribution in [1.82, 2.24) is 10.6 Å². The largest absolute Gasteiger partial charge is 0.396 e. The van der Waals surface area contributed by atoms with Gasteiger partial charge in [0.15, 0.2) is 0 Å². The highest BCUT2D eigenvalue weighted by atomic mass is 16.3. The molecule has 0 aromatic heterocycles. The van der Waals surface area contributed by atoms with Crippen molar-refractivity contribution in [3.8, 4) is 0 Å². The average molecular weight is 202 g/mol. The standard InChI is InChI=1S/C10H22N2O2/c1-4-9(3)11-6-10(14)12-5-8(2)7-13/h8-9,11,13H,4-7H2,1-3H3,(H,12,14). The van der Waals surface area contributed by atoms with E-state index < -0.39 is 0 Å². The molecule has 14 heavy (non-hydrogen) atoms. The molecule has 84 valence electrons. The van der Waals surface area contributed by atoms with E-state index in [1.807, 2.05) is 13.8 Å². The van der Waals surface area contributed by atoms with Crippen LogP contribution in [0.2, 0.25) is 0 Å². The van der Waals surface area contributed by atoms with E-state index in [0.717, 1.165) is 6.42 Å². The molecule has 0 aromatic carbocycles. The zero-order valence-electron chi connectivity index (χ0n) is 9.34. The van der Waals surface area contributed by atoms with E-state index in [1.54, 1.807) is 0 Å². The first-order valence-electron chi connectivity index (χ1n) is 5.21. The number of hydrogen-bond acceptors (Lipinski definition) is 3. The third-order valence-electron chi connectivity index (χ3n) is 2.18. The minimum Gasteiger partial charge on any atom is -0.396 e. The van der Waals surface area contributed by atoms with Crippen LogP contribution in [0.1, 0.15) is 27.2 Å². The van der Waals surface area contributed by atoms with Crippen molar-refractivity contribution >= 4 is 5.91 Å². The molecule has 0 heterocycles. The summed E-state index contributed by atoms with van der Waals surface area (Å²) in [6.45, 7) is 7.01. The monoisotopic (exact) mass is 202 g/mol. The zero-order valence-corrected chi connectivity index (χ0v) is 9.34. The van der Waals surface area contributed by atoms with Crippen LogP contribution in [0.5, 0.6) is 0 Å². The molecule has 1 amide bonds. The van der Waals surface area contributed by atoms with Gasteiger partial charge < -0.3 is 15.7 Å². The van der Waals surface area contributed by atoms with Crippen molar-refractivity contribution in [3.05, 3.63) is 0 Å². The van der Waals surface area contributed by atoms with Crippen LogP contribution in [0.25, 0.3) is 0 Å². The Kier molecular flexibility index (Phi) is 7.42. The van der Waals surface area contributed by atoms with Gasteiger partial charge in [0, 0.05) is 19.2 Å². The first-order chi connectivity index (χ1) is 6.60. The van der Waals surface area contributed by atoms with E-state index in [0.29, 0.717) is 19.1 Å². The van der Waals surface area contributed by atoms with Crippen molar-refractivity contribution in [2.45, 2.75) is 33.2 Å². The van der Waals surface area contributed by atoms with Crippen molar-refractivity contribution in [3.63, 3.8) is 0 Å². The van der Waals surface area contributed by atoms with E-state index in [4.69, 9.17) is 5.11 Å². The molecule has 0 aliphatic carbocycles. The number of aliphatic hydroxyl groups is 1. The van der Waals surface area contributed by atoms with Gasteiger partial charge in [-0.15, -0.1) is 0 Å². The van der Waals surface area contributed by atoms with Crippen LogP contribution in [0.3, 0.4) is 0 Å². The Bertz CT molecular complexity index is 146. The number of hydrogen-bond donors (Lipinski definition) is 3. The van der Waals surface area contributed by atoms with Crippen LogP contribution in [-0.2, 0) is 4.79 Å². The van der Waals surface area contributed by atoms with E-state index in [-0.39, 0.29) is 18.4 Å². The molecule has 0 aliphatic heterocycles. The Morgan fingerprint density at radius 1 is 1.43 bits per heavy atom. The fraction of sp³-hybridized carbons (Fsp3) is 0.900. The summed E-state index contributed by atoms with van der Waals surface area (Å²) in [4.78, 5) is 11.2. The van der Waals surface area contributed by atoms with Crippen LogP contribution < -0.4 is 10.6 Å². The van der Waals surface area contributed by atoms with Crippen LogP contribution in [0.15, 0.2) is 0 Å². The summed E-state index contributed by atoms with van der Waals surface area (Å²) >= 11 is 0. The van der Waals surface area contributed by atoms with Gasteiger partial charge in [0.1, 0.15) is 0 Å². The lowest BCUT2D eigenvalue weighted by Gasteiger charge is -2.12. The molecule has 0 aliphatic rings. The summed E-state index contributed by atoms with van der Waals surface area (Å²) < 4.78 is 0. The highest BCUT2D eigenvalue weighted by Crippen LogP contribution is 1.89. The second-order valence-electron chi connectivity index (χ2n) is 3.78. The van der Waals surface area contributed by atoms with E-state index in [9.17, 15) is 4.79 Å². The Morgan fingerprint density at radius 2 is 2.07 bits per heavy atom. The third-order valence-corrected chi connectivity index (χ3v) is 2.18. The summed E-state index contributed by atoms with van der Waals surface area (Å²) in [5.74, 6) is 0.119. The van der Waals surface area contributed by atoms with Gasteiger partial charge in [-0.1, -0.05) is 13.8 Å². The van der Waals surface area contributed by atoms with E-state index in [2.05, 4.69) is 17.6 Å². The topological polar surface area (TPSA) is 61.4 Å². The Labute approximate surface area is 86.1 Å². The lowest BCUT2D eigenvalue weighted by molar-refractivity contribution is -0.120. The number of carbonyl (C=O) groups excluding carboxylic acids is 1. The van der Waals surface area contributed by atoms with Crippen molar-refractivity contribution in [2.24, 2.45) is 5.92 Å². The van der Waals surface area contributed by atoms with Gasteiger partial charge in [-0.05, 0) is 19.3 Å². The van der Waals surface area contributed by atoms with Gasteiger partial charge in [0.25, 0.3) is 0 Å². The van der Waals surface area contributed by atoms with Gasteiger partial charge in [0.2, 0.25) is 5.91 Å². The van der Waals surface area contributed by atoms with Crippen molar-refractivity contribution in [2.75, 3.05) is 19.7 Å². The zero-order chi connectivity index (χ0) is 11.0. The number of nitrogens with one attached hydrogen (secondary N) is 2. The SMILES string of the molecule is CCC(C)NCC(=O)NCC(C)CO. The minimum absolute atomic E-state index is 0.00870. The summed E-state index contributed by atoms with van der Waals surface area (Å²) in [5, 5.41) is 14.6. The second-order valence-corrected chi connectivity index (χ2v) is 3.78. The number of amides is 1. The molecule has 0 fully saturated rings. The molecule has 2 unspecified atom stereocenters. The molecule has 0 saturated heterocycles. The quantitative estimate of drug-likeness (QED) is 0.549. The smallest absolute Gasteiger partial charge is 0.233 e. The molecule has 0 spiro atoms. The van der Waals surface area contributed by atoms with Gasteiger partial charge in [-0.2, -0.15) is 0 Å². The number of carbonyl (C=O) groups is 1. The Balaban J connectivity index is 3.46. The summed E-state index contributed by atoms with van der Waals surface area (Å²) in [6, 6.07) is 0.371. The van der Waals surface area contributed by atoms with Crippen LogP contribution >= 0.6 is 0 Å². The Morgan fingerprint density at radius 3 is 2.57 bits per heavy atom. The summed E-state index contributed by atoms with van der Waals surface area (Å²) in [6.07, 6.45) is 1.01. The highest BCUT2D eigenvalue weighted by Gasteiger charge is 2.05. The fourth-order valence-corrected chi connectivity index (χ4v) is 0.826. The van der Waals surface area contributed by atoms with Gasteiger partial charge in [-0.3, -0.25) is 4.79 Å². The predicted molar refractivity (Wildman–Crippen MR) is 57.0 cm³/mol. The average Bonchev–Trinajstić information content (AvgIpc) is 2.22. The second kappa shape index (κ2) is 7.76. The Hall–Kier alpha value is -0.610. The summed E-state index contributed by atoms with van der Waals surface area (Å²) in [5.41, 5.74) is 0. The lowest BCUT2D eigenvalue weighted by atomic mass is 10.2. The molecular formula is C10H22N2O2. The van der Waals surface area contributed by atoms with Crippen LogP contribution in [-0.4, -0.2) is 36.8 Å². The minimum atomic E-state index is -0.00870. The van der Waals surface area contributed by atoms with Gasteiger partial charge >= 0.3 is 0 Å². The predicted octanol–water partition coefficient (Wildman–Crippen LogP) is 0.119. The third kappa shape index (κ3) is 6.86. The van der Waals surface area contributed by atoms with Crippen molar-refractivity contribution < 1.29 is 9.90 Å². The summed E-state index contributed by atoms with van der Waals surface area (Å²) in [7, 11) is 0. The molecule has 0 bridgehead atoms. The van der Waals surface area contributed by atoms with Crippen molar-refractivity contribution in [1.29, 1.82) is 0 Å². The maximum atomic E-state index is 11.2. The maximum absolute atomic E-state index is 11.2.